The van der Waals surface area contributed by atoms with Gasteiger partial charge >= 0.3 is 0 Å². The molecule has 0 N–H and O–H groups in total. The Hall–Kier alpha value is -0.730. The molecule has 0 unspecified atom stereocenters. The number of aromatic nitrogens is 1. The first-order chi connectivity index (χ1) is 9.98. The van der Waals surface area contributed by atoms with Crippen molar-refractivity contribution in [3.8, 4) is 0 Å². The van der Waals surface area contributed by atoms with E-state index in [0.29, 0.717) is 24.5 Å². The number of carbonyl (C=O) groups excluding carboxylic acids is 1. The molecular formula is C13H18N2O3S3. The van der Waals surface area contributed by atoms with Crippen LogP contribution >= 0.6 is 23.5 Å². The number of thioether (sulfide) groups is 2. The zero-order chi connectivity index (χ0) is 15.3. The predicted molar refractivity (Wildman–Crippen MR) is 87.2 cm³/mol. The van der Waals surface area contributed by atoms with Crippen LogP contribution in [0.4, 0.5) is 0 Å². The van der Waals surface area contributed by atoms with Gasteiger partial charge in [0.05, 0.1) is 5.03 Å². The summed E-state index contributed by atoms with van der Waals surface area (Å²) in [6.45, 7) is 0.509. The van der Waals surface area contributed by atoms with Crippen LogP contribution in [-0.2, 0) is 14.6 Å². The van der Waals surface area contributed by atoms with Gasteiger partial charge in [0.2, 0.25) is 5.91 Å². The maximum absolute atomic E-state index is 12.3. The molecule has 1 aromatic rings. The van der Waals surface area contributed by atoms with E-state index in [2.05, 4.69) is 4.98 Å². The molecule has 2 rings (SSSR count). The number of hydrogen-bond acceptors (Lipinski definition) is 6. The van der Waals surface area contributed by atoms with Crippen LogP contribution in [0.5, 0.6) is 0 Å². The molecule has 116 valence electrons. The molecule has 0 saturated carbocycles. The Balaban J connectivity index is 1.89. The highest BCUT2D eigenvalue weighted by Crippen LogP contribution is 2.22. The fraction of sp³-hybridized carbons (Fsp3) is 0.538. The highest BCUT2D eigenvalue weighted by Gasteiger charge is 2.33. The van der Waals surface area contributed by atoms with Crippen LogP contribution in [0.2, 0.25) is 0 Å². The van der Waals surface area contributed by atoms with Crippen LogP contribution in [0.15, 0.2) is 29.4 Å². The van der Waals surface area contributed by atoms with Crippen molar-refractivity contribution in [3.63, 3.8) is 0 Å². The molecule has 5 nitrogen and oxygen atoms in total. The zero-order valence-electron chi connectivity index (χ0n) is 11.8. The third-order valence-corrected chi connectivity index (χ3v) is 6.69. The van der Waals surface area contributed by atoms with Crippen molar-refractivity contribution in [2.24, 2.45) is 0 Å². The largest absolute Gasteiger partial charge is 0.324 e. The van der Waals surface area contributed by atoms with E-state index in [1.807, 2.05) is 18.2 Å². The third kappa shape index (κ3) is 4.89. The molecule has 0 spiro atoms. The van der Waals surface area contributed by atoms with Crippen molar-refractivity contribution in [1.29, 1.82) is 0 Å². The van der Waals surface area contributed by atoms with E-state index in [1.54, 1.807) is 18.0 Å². The second-order valence-electron chi connectivity index (χ2n) is 4.71. The van der Waals surface area contributed by atoms with Crippen LogP contribution in [-0.4, -0.2) is 59.6 Å². The minimum Gasteiger partial charge on any atom is -0.324 e. The van der Waals surface area contributed by atoms with Crippen LogP contribution in [0.3, 0.4) is 0 Å². The summed E-state index contributed by atoms with van der Waals surface area (Å²) in [6, 6.07) is 5.64. The van der Waals surface area contributed by atoms with Crippen molar-refractivity contribution in [3.05, 3.63) is 24.4 Å². The minimum atomic E-state index is -3.23. The van der Waals surface area contributed by atoms with E-state index in [-0.39, 0.29) is 5.91 Å². The van der Waals surface area contributed by atoms with Crippen LogP contribution in [0.25, 0.3) is 0 Å². The standard InChI is InChI=1S/C13H18N2O3S3/c1-21(17,18)13-10-19-9-7-15(13)12(16)5-8-20-11-4-2-3-6-14-11/h2-4,6,13H,5,7-10H2,1H3/t13-/m0/s1. The highest BCUT2D eigenvalue weighted by atomic mass is 32.2. The highest BCUT2D eigenvalue weighted by molar-refractivity contribution is 8.01. The van der Waals surface area contributed by atoms with Crippen molar-refractivity contribution in [2.75, 3.05) is 30.1 Å². The molecular weight excluding hydrogens is 328 g/mol. The number of carbonyl (C=O) groups is 1. The molecule has 1 atom stereocenters. The lowest BCUT2D eigenvalue weighted by Gasteiger charge is -2.34. The SMILES string of the molecule is CS(=O)(=O)[C@H]1CSCCN1C(=O)CCSc1ccccn1. The first-order valence-corrected chi connectivity index (χ1v) is 10.7. The van der Waals surface area contributed by atoms with E-state index in [1.165, 1.54) is 22.9 Å². The van der Waals surface area contributed by atoms with Gasteiger partial charge in [-0.2, -0.15) is 11.8 Å². The van der Waals surface area contributed by atoms with Crippen LogP contribution < -0.4 is 0 Å². The number of pyridine rings is 1. The molecule has 1 aromatic heterocycles. The molecule has 0 aliphatic carbocycles. The summed E-state index contributed by atoms with van der Waals surface area (Å²) in [6.07, 6.45) is 3.25. The third-order valence-electron chi connectivity index (χ3n) is 3.10. The van der Waals surface area contributed by atoms with E-state index in [4.69, 9.17) is 0 Å². The second kappa shape index (κ2) is 7.51. The fourth-order valence-corrected chi connectivity index (χ4v) is 5.67. The first kappa shape index (κ1) is 16.6. The maximum atomic E-state index is 12.3. The van der Waals surface area contributed by atoms with Gasteiger partial charge in [-0.05, 0) is 12.1 Å². The Kier molecular flexibility index (Phi) is 5.95. The summed E-state index contributed by atoms with van der Waals surface area (Å²) >= 11 is 3.09. The molecule has 1 amide bonds. The predicted octanol–water partition coefficient (Wildman–Crippen LogP) is 1.51. The number of hydrogen-bond donors (Lipinski definition) is 0. The van der Waals surface area contributed by atoms with Gasteiger partial charge in [0, 0.05) is 42.7 Å². The average molecular weight is 346 g/mol. The van der Waals surface area contributed by atoms with Gasteiger partial charge in [0.25, 0.3) is 0 Å². The molecule has 0 aromatic carbocycles. The maximum Gasteiger partial charge on any atom is 0.224 e. The van der Waals surface area contributed by atoms with E-state index >= 15 is 0 Å². The molecule has 8 heteroatoms. The molecule has 1 aliphatic heterocycles. The van der Waals surface area contributed by atoms with Gasteiger partial charge < -0.3 is 4.90 Å². The number of amides is 1. The summed E-state index contributed by atoms with van der Waals surface area (Å²) in [7, 11) is -3.23. The van der Waals surface area contributed by atoms with E-state index < -0.39 is 15.2 Å². The normalized spacial score (nSPS) is 19.5. The lowest BCUT2D eigenvalue weighted by atomic mass is 10.4. The Bertz CT molecular complexity index is 578. The van der Waals surface area contributed by atoms with Gasteiger partial charge in [0.15, 0.2) is 9.84 Å². The van der Waals surface area contributed by atoms with Crippen LogP contribution in [0, 0.1) is 0 Å². The summed E-state index contributed by atoms with van der Waals surface area (Å²) < 4.78 is 23.5. The topological polar surface area (TPSA) is 67.3 Å². The zero-order valence-corrected chi connectivity index (χ0v) is 14.2. The van der Waals surface area contributed by atoms with E-state index in [0.717, 1.165) is 10.8 Å². The summed E-state index contributed by atoms with van der Waals surface area (Å²) in [5, 5.41) is 0.197. The molecule has 0 bridgehead atoms. The van der Waals surface area contributed by atoms with Crippen molar-refractivity contribution < 1.29 is 13.2 Å². The smallest absolute Gasteiger partial charge is 0.224 e. The minimum absolute atomic E-state index is 0.0887. The Labute approximate surface area is 133 Å². The summed E-state index contributed by atoms with van der Waals surface area (Å²) in [5.41, 5.74) is 0. The number of rotatable bonds is 5. The molecule has 1 saturated heterocycles. The van der Waals surface area contributed by atoms with Gasteiger partial charge in [-0.15, -0.1) is 11.8 Å². The second-order valence-corrected chi connectivity index (χ2v) is 9.18. The van der Waals surface area contributed by atoms with Gasteiger partial charge in [-0.25, -0.2) is 13.4 Å². The molecule has 0 radical (unpaired) electrons. The monoisotopic (exact) mass is 346 g/mol. The Morgan fingerprint density at radius 1 is 1.52 bits per heavy atom. The van der Waals surface area contributed by atoms with Gasteiger partial charge in [0.1, 0.15) is 5.37 Å². The Morgan fingerprint density at radius 3 is 3.00 bits per heavy atom. The van der Waals surface area contributed by atoms with E-state index in [9.17, 15) is 13.2 Å². The number of nitrogens with zero attached hydrogens (tertiary/aromatic N) is 2. The molecule has 2 heterocycles. The summed E-state index contributed by atoms with van der Waals surface area (Å²) in [4.78, 5) is 18.0. The first-order valence-electron chi connectivity index (χ1n) is 6.58. The molecule has 21 heavy (non-hydrogen) atoms. The summed E-state index contributed by atoms with van der Waals surface area (Å²) in [5.74, 6) is 1.79. The fourth-order valence-electron chi connectivity index (χ4n) is 2.04. The number of sulfone groups is 1. The molecule has 1 aliphatic rings. The molecule has 1 fully saturated rings. The van der Waals surface area contributed by atoms with Gasteiger partial charge in [-0.3, -0.25) is 4.79 Å². The average Bonchev–Trinajstić information content (AvgIpc) is 2.47. The van der Waals surface area contributed by atoms with Crippen molar-refractivity contribution in [1.82, 2.24) is 9.88 Å². The van der Waals surface area contributed by atoms with Gasteiger partial charge in [-0.1, -0.05) is 6.07 Å². The van der Waals surface area contributed by atoms with Crippen LogP contribution in [0.1, 0.15) is 6.42 Å². The quantitative estimate of drug-likeness (QED) is 0.753. The van der Waals surface area contributed by atoms with Crippen molar-refractivity contribution >= 4 is 39.3 Å². The lowest BCUT2D eigenvalue weighted by Crippen LogP contribution is -2.50. The Morgan fingerprint density at radius 2 is 2.33 bits per heavy atom. The lowest BCUT2D eigenvalue weighted by molar-refractivity contribution is -0.131. The van der Waals surface area contributed by atoms with Crippen molar-refractivity contribution in [2.45, 2.75) is 16.8 Å².